The third-order valence-corrected chi connectivity index (χ3v) is 3.41. The zero-order valence-corrected chi connectivity index (χ0v) is 12.0. The van der Waals surface area contributed by atoms with Crippen molar-refractivity contribution in [2.24, 2.45) is 10.4 Å². The first-order valence-corrected chi connectivity index (χ1v) is 6.66. The van der Waals surface area contributed by atoms with Gasteiger partial charge < -0.3 is 15.0 Å². The summed E-state index contributed by atoms with van der Waals surface area (Å²) >= 11 is 0. The van der Waals surface area contributed by atoms with Gasteiger partial charge in [0.05, 0.1) is 13.2 Å². The van der Waals surface area contributed by atoms with Crippen LogP contribution in [0.1, 0.15) is 12.5 Å². The van der Waals surface area contributed by atoms with Gasteiger partial charge in [-0.25, -0.2) is 0 Å². The Hall–Kier alpha value is -1.55. The molecule has 2 rings (SSSR count). The average molecular weight is 261 g/mol. The van der Waals surface area contributed by atoms with E-state index in [1.807, 2.05) is 13.1 Å². The quantitative estimate of drug-likeness (QED) is 0.662. The lowest BCUT2D eigenvalue weighted by Gasteiger charge is -2.39. The Labute approximate surface area is 115 Å². The molecule has 0 unspecified atom stereocenters. The van der Waals surface area contributed by atoms with E-state index in [1.165, 1.54) is 5.56 Å². The molecular weight excluding hydrogens is 238 g/mol. The summed E-state index contributed by atoms with van der Waals surface area (Å²) in [6.45, 7) is 5.65. The highest BCUT2D eigenvalue weighted by Crippen LogP contribution is 2.25. The molecule has 0 spiro atoms. The van der Waals surface area contributed by atoms with Crippen molar-refractivity contribution in [3.63, 3.8) is 0 Å². The van der Waals surface area contributed by atoms with Crippen molar-refractivity contribution in [1.82, 2.24) is 10.2 Å². The molecule has 1 aliphatic heterocycles. The molecule has 0 aromatic heterocycles. The number of hydrogen-bond donors (Lipinski definition) is 1. The lowest BCUT2D eigenvalue weighted by Crippen LogP contribution is -2.51. The Balaban J connectivity index is 1.87. The van der Waals surface area contributed by atoms with Crippen LogP contribution in [0.5, 0.6) is 0 Å². The topological polar surface area (TPSA) is 36.9 Å². The Morgan fingerprint density at radius 1 is 1.37 bits per heavy atom. The molecule has 1 aromatic rings. The molecule has 1 N–H and O–H groups in total. The minimum absolute atomic E-state index is 0.253. The van der Waals surface area contributed by atoms with Gasteiger partial charge in [0.25, 0.3) is 0 Å². The van der Waals surface area contributed by atoms with Gasteiger partial charge in [0, 0.05) is 32.6 Å². The van der Waals surface area contributed by atoms with Gasteiger partial charge >= 0.3 is 0 Å². The standard InChI is InChI=1S/C15H23N3O/c1-15(11-19-12-15)10-17-14(16-2)18(3)9-13-7-5-4-6-8-13/h4-8H,9-12H2,1-3H3,(H,16,17). The number of benzene rings is 1. The van der Waals surface area contributed by atoms with E-state index in [-0.39, 0.29) is 5.41 Å². The fraction of sp³-hybridized carbons (Fsp3) is 0.533. The highest BCUT2D eigenvalue weighted by atomic mass is 16.5. The lowest BCUT2D eigenvalue weighted by atomic mass is 9.89. The fourth-order valence-electron chi connectivity index (χ4n) is 2.16. The molecule has 0 radical (unpaired) electrons. The maximum Gasteiger partial charge on any atom is 0.193 e. The van der Waals surface area contributed by atoms with Crippen LogP contribution in [0, 0.1) is 5.41 Å². The molecule has 0 aliphatic carbocycles. The highest BCUT2D eigenvalue weighted by molar-refractivity contribution is 5.79. The van der Waals surface area contributed by atoms with Crippen LogP contribution in [0.15, 0.2) is 35.3 Å². The van der Waals surface area contributed by atoms with Gasteiger partial charge in [0.15, 0.2) is 5.96 Å². The van der Waals surface area contributed by atoms with Crippen LogP contribution < -0.4 is 5.32 Å². The lowest BCUT2D eigenvalue weighted by molar-refractivity contribution is -0.0972. The number of aliphatic imine (C=N–C) groups is 1. The minimum atomic E-state index is 0.253. The van der Waals surface area contributed by atoms with Crippen LogP contribution in [0.3, 0.4) is 0 Å². The number of guanidine groups is 1. The predicted octanol–water partition coefficient (Wildman–Crippen LogP) is 1.73. The second-order valence-corrected chi connectivity index (χ2v) is 5.55. The maximum absolute atomic E-state index is 5.27. The van der Waals surface area contributed by atoms with Gasteiger partial charge in [-0.1, -0.05) is 37.3 Å². The van der Waals surface area contributed by atoms with Gasteiger partial charge in [0.1, 0.15) is 0 Å². The summed E-state index contributed by atoms with van der Waals surface area (Å²) in [7, 11) is 3.88. The van der Waals surface area contributed by atoms with Crippen molar-refractivity contribution < 1.29 is 4.74 Å². The Kier molecular flexibility index (Phi) is 4.43. The first-order chi connectivity index (χ1) is 9.13. The molecule has 0 bridgehead atoms. The molecule has 1 fully saturated rings. The average Bonchev–Trinajstić information content (AvgIpc) is 2.38. The zero-order valence-electron chi connectivity index (χ0n) is 12.0. The number of ether oxygens (including phenoxy) is 1. The van der Waals surface area contributed by atoms with Crippen molar-refractivity contribution in [3.05, 3.63) is 35.9 Å². The second-order valence-electron chi connectivity index (χ2n) is 5.55. The highest BCUT2D eigenvalue weighted by Gasteiger charge is 2.33. The fourth-order valence-corrected chi connectivity index (χ4v) is 2.16. The maximum atomic E-state index is 5.27. The van der Waals surface area contributed by atoms with E-state index in [2.05, 4.69) is 53.4 Å². The van der Waals surface area contributed by atoms with E-state index < -0.39 is 0 Å². The van der Waals surface area contributed by atoms with Crippen LogP contribution in [-0.4, -0.2) is 44.7 Å². The van der Waals surface area contributed by atoms with Crippen LogP contribution in [0.2, 0.25) is 0 Å². The molecule has 4 nitrogen and oxygen atoms in total. The third-order valence-electron chi connectivity index (χ3n) is 3.41. The third kappa shape index (κ3) is 3.70. The molecule has 4 heteroatoms. The Bertz CT molecular complexity index is 426. The first kappa shape index (κ1) is 13.9. The molecule has 1 aliphatic rings. The summed E-state index contributed by atoms with van der Waals surface area (Å²) in [4.78, 5) is 6.47. The van der Waals surface area contributed by atoms with E-state index in [4.69, 9.17) is 4.74 Å². The summed E-state index contributed by atoms with van der Waals surface area (Å²) in [6.07, 6.45) is 0. The van der Waals surface area contributed by atoms with Gasteiger partial charge in [-0.2, -0.15) is 0 Å². The smallest absolute Gasteiger partial charge is 0.193 e. The molecule has 1 aromatic carbocycles. The van der Waals surface area contributed by atoms with E-state index in [1.54, 1.807) is 0 Å². The zero-order chi connectivity index (χ0) is 13.7. The van der Waals surface area contributed by atoms with E-state index in [0.717, 1.165) is 32.3 Å². The molecule has 0 amide bonds. The molecule has 1 saturated heterocycles. The number of nitrogens with zero attached hydrogens (tertiary/aromatic N) is 2. The molecular formula is C15H23N3O. The Morgan fingerprint density at radius 3 is 2.58 bits per heavy atom. The normalized spacial score (nSPS) is 17.7. The monoisotopic (exact) mass is 261 g/mol. The second kappa shape index (κ2) is 6.06. The van der Waals surface area contributed by atoms with Gasteiger partial charge in [-0.05, 0) is 5.56 Å². The van der Waals surface area contributed by atoms with E-state index in [0.29, 0.717) is 0 Å². The van der Waals surface area contributed by atoms with Crippen LogP contribution in [-0.2, 0) is 11.3 Å². The predicted molar refractivity (Wildman–Crippen MR) is 78.2 cm³/mol. The van der Waals surface area contributed by atoms with Crippen LogP contribution in [0.4, 0.5) is 0 Å². The van der Waals surface area contributed by atoms with Crippen molar-refractivity contribution in [3.8, 4) is 0 Å². The van der Waals surface area contributed by atoms with Crippen molar-refractivity contribution in [2.45, 2.75) is 13.5 Å². The van der Waals surface area contributed by atoms with E-state index >= 15 is 0 Å². The SMILES string of the molecule is CN=C(NCC1(C)COC1)N(C)Cc1ccccc1. The molecule has 0 atom stereocenters. The summed E-state index contributed by atoms with van der Waals surface area (Å²) < 4.78 is 5.27. The van der Waals surface area contributed by atoms with Crippen LogP contribution in [0.25, 0.3) is 0 Å². The summed E-state index contributed by atoms with van der Waals surface area (Å²) in [6, 6.07) is 10.4. The van der Waals surface area contributed by atoms with E-state index in [9.17, 15) is 0 Å². The van der Waals surface area contributed by atoms with Crippen LogP contribution >= 0.6 is 0 Å². The number of hydrogen-bond acceptors (Lipinski definition) is 2. The summed E-state index contributed by atoms with van der Waals surface area (Å²) in [5.74, 6) is 0.928. The van der Waals surface area contributed by atoms with Gasteiger partial charge in [-0.15, -0.1) is 0 Å². The largest absolute Gasteiger partial charge is 0.380 e. The first-order valence-electron chi connectivity index (χ1n) is 6.66. The molecule has 0 saturated carbocycles. The van der Waals surface area contributed by atoms with Crippen molar-refractivity contribution in [2.75, 3.05) is 33.9 Å². The van der Waals surface area contributed by atoms with Crippen molar-refractivity contribution in [1.29, 1.82) is 0 Å². The summed E-state index contributed by atoms with van der Waals surface area (Å²) in [5, 5.41) is 3.43. The van der Waals surface area contributed by atoms with Crippen molar-refractivity contribution >= 4 is 5.96 Å². The van der Waals surface area contributed by atoms with Gasteiger partial charge in [-0.3, -0.25) is 4.99 Å². The minimum Gasteiger partial charge on any atom is -0.380 e. The summed E-state index contributed by atoms with van der Waals surface area (Å²) in [5.41, 5.74) is 1.54. The Morgan fingerprint density at radius 2 is 2.05 bits per heavy atom. The molecule has 19 heavy (non-hydrogen) atoms. The number of rotatable bonds is 4. The number of nitrogens with one attached hydrogen (secondary N) is 1. The molecule has 104 valence electrons. The molecule has 1 heterocycles. The van der Waals surface area contributed by atoms with Gasteiger partial charge in [0.2, 0.25) is 0 Å².